The van der Waals surface area contributed by atoms with Gasteiger partial charge in [-0.1, -0.05) is 13.8 Å². The molecule has 0 aromatic carbocycles. The molecule has 0 saturated heterocycles. The maximum absolute atomic E-state index is 4.53. The summed E-state index contributed by atoms with van der Waals surface area (Å²) in [5.41, 5.74) is 1.06. The molecule has 0 unspecified atom stereocenters. The Bertz CT molecular complexity index is 545. The van der Waals surface area contributed by atoms with Crippen LogP contribution >= 0.6 is 46.7 Å². The second-order valence-electron chi connectivity index (χ2n) is 4.44. The first kappa shape index (κ1) is 19.3. The maximum Gasteiger partial charge on any atom is 0.191 e. The normalized spacial score (nSPS) is 11.1. The predicted molar refractivity (Wildman–Crippen MR) is 105 cm³/mol. The molecular weight excluding hydrogens is 429 g/mol. The van der Waals surface area contributed by atoms with E-state index in [0.29, 0.717) is 13.1 Å². The van der Waals surface area contributed by atoms with Gasteiger partial charge in [-0.3, -0.25) is 4.99 Å². The van der Waals surface area contributed by atoms with Crippen LogP contribution in [0.15, 0.2) is 16.6 Å². The molecule has 0 atom stereocenters. The van der Waals surface area contributed by atoms with Crippen LogP contribution in [0, 0.1) is 0 Å². The SMILES string of the molecule is CCc1cnc(CNC(=NC)NCc2csc(CC)n2)s1.I. The first-order chi connectivity index (χ1) is 10.2. The Labute approximate surface area is 156 Å². The zero-order valence-electron chi connectivity index (χ0n) is 13.0. The average molecular weight is 451 g/mol. The van der Waals surface area contributed by atoms with E-state index < -0.39 is 0 Å². The van der Waals surface area contributed by atoms with Gasteiger partial charge in [0.1, 0.15) is 5.01 Å². The zero-order chi connectivity index (χ0) is 15.1. The van der Waals surface area contributed by atoms with Crippen molar-refractivity contribution in [3.8, 4) is 0 Å². The molecule has 0 fully saturated rings. The molecular formula is C14H22IN5S2. The quantitative estimate of drug-likeness (QED) is 0.402. The predicted octanol–water partition coefficient (Wildman–Crippen LogP) is 3.21. The van der Waals surface area contributed by atoms with Crippen LogP contribution in [0.5, 0.6) is 0 Å². The smallest absolute Gasteiger partial charge is 0.191 e. The van der Waals surface area contributed by atoms with Crippen molar-refractivity contribution in [2.75, 3.05) is 7.05 Å². The van der Waals surface area contributed by atoms with E-state index in [-0.39, 0.29) is 24.0 Å². The van der Waals surface area contributed by atoms with Crippen LogP contribution in [0.1, 0.15) is 34.4 Å². The van der Waals surface area contributed by atoms with Crippen LogP contribution in [0.2, 0.25) is 0 Å². The average Bonchev–Trinajstić information content (AvgIpc) is 3.16. The van der Waals surface area contributed by atoms with Gasteiger partial charge in [0.15, 0.2) is 5.96 Å². The number of nitrogens with zero attached hydrogens (tertiary/aromatic N) is 3. The molecule has 22 heavy (non-hydrogen) atoms. The number of hydrogen-bond acceptors (Lipinski definition) is 5. The summed E-state index contributed by atoms with van der Waals surface area (Å²) in [6.07, 6.45) is 3.97. The standard InChI is InChI=1S/C14H21N5S2.HI/c1-4-11-7-16-13(21-11)8-18-14(15-3)17-6-10-9-20-12(5-2)19-10;/h7,9H,4-6,8H2,1-3H3,(H2,15,17,18);1H. The summed E-state index contributed by atoms with van der Waals surface area (Å²) in [6.45, 7) is 5.65. The summed E-state index contributed by atoms with van der Waals surface area (Å²) < 4.78 is 0. The lowest BCUT2D eigenvalue weighted by atomic mass is 10.4. The van der Waals surface area contributed by atoms with Crippen molar-refractivity contribution < 1.29 is 0 Å². The summed E-state index contributed by atoms with van der Waals surface area (Å²) in [5.74, 6) is 0.772. The molecule has 0 aliphatic heterocycles. The van der Waals surface area contributed by atoms with E-state index in [9.17, 15) is 0 Å². The van der Waals surface area contributed by atoms with Crippen LogP contribution in [0.3, 0.4) is 0 Å². The summed E-state index contributed by atoms with van der Waals surface area (Å²) in [5, 5.41) is 10.9. The fourth-order valence-electron chi connectivity index (χ4n) is 1.74. The third kappa shape index (κ3) is 5.81. The number of aryl methyl sites for hydroxylation is 2. The minimum atomic E-state index is 0. The highest BCUT2D eigenvalue weighted by molar-refractivity contribution is 14.0. The molecule has 8 heteroatoms. The first-order valence-corrected chi connectivity index (χ1v) is 8.76. The maximum atomic E-state index is 4.53. The van der Waals surface area contributed by atoms with E-state index in [1.54, 1.807) is 29.7 Å². The molecule has 122 valence electrons. The Morgan fingerprint density at radius 1 is 1.18 bits per heavy atom. The second-order valence-corrected chi connectivity index (χ2v) is 6.58. The molecule has 0 spiro atoms. The van der Waals surface area contributed by atoms with Crippen molar-refractivity contribution in [2.24, 2.45) is 4.99 Å². The molecule has 2 N–H and O–H groups in total. The van der Waals surface area contributed by atoms with Crippen molar-refractivity contribution in [1.29, 1.82) is 0 Å². The van der Waals surface area contributed by atoms with Crippen molar-refractivity contribution in [3.05, 3.63) is 32.2 Å². The van der Waals surface area contributed by atoms with E-state index in [0.717, 1.165) is 29.5 Å². The number of thiazole rings is 2. The third-order valence-electron chi connectivity index (χ3n) is 2.92. The molecule has 2 rings (SSSR count). The Kier molecular flexibility index (Phi) is 8.88. The molecule has 5 nitrogen and oxygen atoms in total. The van der Waals surface area contributed by atoms with Crippen LogP contribution in [0.4, 0.5) is 0 Å². The minimum absolute atomic E-state index is 0. The number of aromatic nitrogens is 2. The third-order valence-corrected chi connectivity index (χ3v) is 5.10. The van der Waals surface area contributed by atoms with Gasteiger partial charge < -0.3 is 10.6 Å². The highest BCUT2D eigenvalue weighted by atomic mass is 127. The lowest BCUT2D eigenvalue weighted by molar-refractivity contribution is 0.792. The Morgan fingerprint density at radius 2 is 1.95 bits per heavy atom. The molecule has 0 aliphatic carbocycles. The van der Waals surface area contributed by atoms with Crippen LogP contribution < -0.4 is 10.6 Å². The van der Waals surface area contributed by atoms with E-state index in [4.69, 9.17) is 0 Å². The highest BCUT2D eigenvalue weighted by Crippen LogP contribution is 2.13. The first-order valence-electron chi connectivity index (χ1n) is 7.06. The van der Waals surface area contributed by atoms with Gasteiger partial charge in [0, 0.05) is 23.5 Å². The lowest BCUT2D eigenvalue weighted by Crippen LogP contribution is -2.36. The number of halogens is 1. The van der Waals surface area contributed by atoms with Gasteiger partial charge in [0.25, 0.3) is 0 Å². The molecule has 0 aliphatic rings. The molecule has 0 saturated carbocycles. The monoisotopic (exact) mass is 451 g/mol. The van der Waals surface area contributed by atoms with Crippen LogP contribution in [-0.2, 0) is 25.9 Å². The van der Waals surface area contributed by atoms with Gasteiger partial charge >= 0.3 is 0 Å². The number of guanidine groups is 1. The highest BCUT2D eigenvalue weighted by Gasteiger charge is 2.04. The van der Waals surface area contributed by atoms with E-state index in [2.05, 4.69) is 44.8 Å². The van der Waals surface area contributed by atoms with E-state index >= 15 is 0 Å². The lowest BCUT2D eigenvalue weighted by Gasteiger charge is -2.09. The summed E-state index contributed by atoms with van der Waals surface area (Å²) in [7, 11) is 1.77. The number of rotatable bonds is 6. The largest absolute Gasteiger partial charge is 0.351 e. The molecule has 2 heterocycles. The fraction of sp³-hybridized carbons (Fsp3) is 0.500. The van der Waals surface area contributed by atoms with Gasteiger partial charge in [-0.2, -0.15) is 0 Å². The zero-order valence-corrected chi connectivity index (χ0v) is 17.0. The summed E-state index contributed by atoms with van der Waals surface area (Å²) in [6, 6.07) is 0. The van der Waals surface area contributed by atoms with Crippen molar-refractivity contribution >= 4 is 52.6 Å². The van der Waals surface area contributed by atoms with Crippen LogP contribution in [-0.4, -0.2) is 23.0 Å². The van der Waals surface area contributed by atoms with Gasteiger partial charge in [-0.05, 0) is 12.8 Å². The molecule has 0 amide bonds. The van der Waals surface area contributed by atoms with Crippen molar-refractivity contribution in [2.45, 2.75) is 39.8 Å². The number of aliphatic imine (C=N–C) groups is 1. The van der Waals surface area contributed by atoms with Gasteiger partial charge in [0.2, 0.25) is 0 Å². The molecule has 2 aromatic rings. The Balaban J connectivity index is 0.00000242. The van der Waals surface area contributed by atoms with Crippen LogP contribution in [0.25, 0.3) is 0 Å². The van der Waals surface area contributed by atoms with Crippen molar-refractivity contribution in [3.63, 3.8) is 0 Å². The Morgan fingerprint density at radius 3 is 2.55 bits per heavy atom. The second kappa shape index (κ2) is 10.1. The molecule has 0 bridgehead atoms. The van der Waals surface area contributed by atoms with E-state index in [1.165, 1.54) is 9.88 Å². The number of hydrogen-bond donors (Lipinski definition) is 2. The number of nitrogens with one attached hydrogen (secondary N) is 2. The van der Waals surface area contributed by atoms with E-state index in [1.807, 2.05) is 6.20 Å². The van der Waals surface area contributed by atoms with Crippen molar-refractivity contribution in [1.82, 2.24) is 20.6 Å². The minimum Gasteiger partial charge on any atom is -0.351 e. The molecule has 2 aromatic heterocycles. The van der Waals surface area contributed by atoms with Gasteiger partial charge in [-0.15, -0.1) is 46.7 Å². The summed E-state index contributed by atoms with van der Waals surface area (Å²) >= 11 is 3.44. The topological polar surface area (TPSA) is 62.2 Å². The summed E-state index contributed by atoms with van der Waals surface area (Å²) in [4.78, 5) is 14.4. The molecule has 0 radical (unpaired) electrons. The van der Waals surface area contributed by atoms with Gasteiger partial charge in [-0.25, -0.2) is 9.97 Å². The fourth-order valence-corrected chi connectivity index (χ4v) is 3.29. The van der Waals surface area contributed by atoms with Gasteiger partial charge in [0.05, 0.1) is 23.8 Å². The Hall–Kier alpha value is -0.740.